The number of nitrogens with one attached hydrogen (secondary N) is 1. The van der Waals surface area contributed by atoms with Crippen molar-refractivity contribution in [3.63, 3.8) is 0 Å². The van der Waals surface area contributed by atoms with E-state index in [1.807, 2.05) is 35.2 Å². The molecule has 160 valence electrons. The van der Waals surface area contributed by atoms with E-state index in [-0.39, 0.29) is 18.3 Å². The van der Waals surface area contributed by atoms with Crippen LogP contribution in [-0.2, 0) is 17.9 Å². The summed E-state index contributed by atoms with van der Waals surface area (Å²) >= 11 is 0. The second-order valence-corrected chi connectivity index (χ2v) is 8.01. The minimum Gasteiger partial charge on any atom is -0.454 e. The van der Waals surface area contributed by atoms with Gasteiger partial charge in [0.25, 0.3) is 5.56 Å². The summed E-state index contributed by atoms with van der Waals surface area (Å²) < 4.78 is 12.4. The molecule has 1 fully saturated rings. The molecule has 5 rings (SSSR count). The van der Waals surface area contributed by atoms with Gasteiger partial charge in [-0.15, -0.1) is 0 Å². The number of quaternary nitrogens is 1. The van der Waals surface area contributed by atoms with Crippen LogP contribution in [-0.4, -0.2) is 53.3 Å². The van der Waals surface area contributed by atoms with Crippen LogP contribution in [0.2, 0.25) is 0 Å². The number of ether oxygens (including phenoxy) is 2. The molecule has 1 amide bonds. The van der Waals surface area contributed by atoms with Gasteiger partial charge in [-0.2, -0.15) is 0 Å². The molecular formula is C23H25N4O4+. The molecule has 0 atom stereocenters. The van der Waals surface area contributed by atoms with E-state index in [0.717, 1.165) is 44.2 Å². The highest BCUT2D eigenvalue weighted by atomic mass is 16.7. The number of carbonyl (C=O) groups is 1. The lowest BCUT2D eigenvalue weighted by molar-refractivity contribution is -0.917. The third-order valence-electron chi connectivity index (χ3n) is 6.01. The maximum atomic E-state index is 12.7. The molecule has 0 aliphatic carbocycles. The minimum atomic E-state index is -0.101. The molecule has 2 aromatic carbocycles. The SMILES string of the molecule is O=C(CCn1cnc2ccccc2c1=O)N1CC[NH+](Cc2ccc3c(c2)OCO3)CC1. The second-order valence-electron chi connectivity index (χ2n) is 8.01. The predicted molar refractivity (Wildman–Crippen MR) is 114 cm³/mol. The molecule has 0 bridgehead atoms. The van der Waals surface area contributed by atoms with Crippen molar-refractivity contribution in [3.8, 4) is 11.5 Å². The van der Waals surface area contributed by atoms with Gasteiger partial charge in [0.15, 0.2) is 11.5 Å². The quantitative estimate of drug-likeness (QED) is 0.647. The van der Waals surface area contributed by atoms with Gasteiger partial charge in [-0.1, -0.05) is 12.1 Å². The first-order valence-corrected chi connectivity index (χ1v) is 10.6. The normalized spacial score (nSPS) is 16.1. The van der Waals surface area contributed by atoms with Crippen LogP contribution < -0.4 is 19.9 Å². The van der Waals surface area contributed by atoms with E-state index in [2.05, 4.69) is 11.1 Å². The zero-order valence-corrected chi connectivity index (χ0v) is 17.3. The summed E-state index contributed by atoms with van der Waals surface area (Å²) in [4.78, 5) is 32.9. The van der Waals surface area contributed by atoms with Gasteiger partial charge < -0.3 is 19.3 Å². The van der Waals surface area contributed by atoms with Crippen LogP contribution in [0.3, 0.4) is 0 Å². The Morgan fingerprint density at radius 3 is 2.74 bits per heavy atom. The van der Waals surface area contributed by atoms with Gasteiger partial charge in [-0.3, -0.25) is 14.2 Å². The maximum absolute atomic E-state index is 12.7. The first-order valence-electron chi connectivity index (χ1n) is 10.6. The number of aromatic nitrogens is 2. The number of fused-ring (bicyclic) bond motifs is 2. The Kier molecular flexibility index (Phi) is 5.30. The topological polar surface area (TPSA) is 78.1 Å². The van der Waals surface area contributed by atoms with Crippen LogP contribution in [0.4, 0.5) is 0 Å². The summed E-state index contributed by atoms with van der Waals surface area (Å²) in [7, 11) is 0. The zero-order valence-electron chi connectivity index (χ0n) is 17.3. The van der Waals surface area contributed by atoms with Crippen molar-refractivity contribution < 1.29 is 19.2 Å². The van der Waals surface area contributed by atoms with Gasteiger partial charge in [0.2, 0.25) is 12.7 Å². The fourth-order valence-corrected chi connectivity index (χ4v) is 4.23. The predicted octanol–water partition coefficient (Wildman–Crippen LogP) is 0.443. The second kappa shape index (κ2) is 8.39. The first kappa shape index (κ1) is 19.6. The van der Waals surface area contributed by atoms with E-state index >= 15 is 0 Å². The molecule has 8 heteroatoms. The number of aryl methyl sites for hydroxylation is 1. The van der Waals surface area contributed by atoms with Crippen LogP contribution in [0.1, 0.15) is 12.0 Å². The van der Waals surface area contributed by atoms with Gasteiger partial charge in [0.05, 0.1) is 43.4 Å². The van der Waals surface area contributed by atoms with Crippen LogP contribution in [0, 0.1) is 0 Å². The van der Waals surface area contributed by atoms with E-state index in [0.29, 0.717) is 23.9 Å². The smallest absolute Gasteiger partial charge is 0.261 e. The molecule has 1 N–H and O–H groups in total. The maximum Gasteiger partial charge on any atom is 0.261 e. The molecule has 0 unspecified atom stereocenters. The molecule has 0 saturated carbocycles. The van der Waals surface area contributed by atoms with Crippen molar-refractivity contribution >= 4 is 16.8 Å². The molecule has 0 radical (unpaired) electrons. The molecule has 31 heavy (non-hydrogen) atoms. The van der Waals surface area contributed by atoms with Gasteiger partial charge in [0, 0.05) is 18.5 Å². The lowest BCUT2D eigenvalue weighted by Crippen LogP contribution is -3.13. The number of piperazine rings is 1. The van der Waals surface area contributed by atoms with Crippen molar-refractivity contribution in [2.75, 3.05) is 33.0 Å². The number of benzene rings is 2. The Morgan fingerprint density at radius 2 is 1.87 bits per heavy atom. The number of nitrogens with zero attached hydrogens (tertiary/aromatic N) is 3. The van der Waals surface area contributed by atoms with Crippen LogP contribution >= 0.6 is 0 Å². The molecular weight excluding hydrogens is 396 g/mol. The highest BCUT2D eigenvalue weighted by Crippen LogP contribution is 2.32. The van der Waals surface area contributed by atoms with Crippen molar-refractivity contribution in [3.05, 3.63) is 64.7 Å². The third kappa shape index (κ3) is 4.11. The molecule has 1 saturated heterocycles. The van der Waals surface area contributed by atoms with E-state index in [9.17, 15) is 9.59 Å². The van der Waals surface area contributed by atoms with Crippen molar-refractivity contribution in [1.82, 2.24) is 14.5 Å². The standard InChI is InChI=1S/C23H24N4O4/c28-22(7-8-27-15-24-19-4-2-1-3-18(19)23(27)29)26-11-9-25(10-12-26)14-17-5-6-20-21(13-17)31-16-30-20/h1-6,13,15H,7-12,14,16H2/p+1. The number of rotatable bonds is 5. The van der Waals surface area contributed by atoms with E-state index in [4.69, 9.17) is 9.47 Å². The number of para-hydroxylation sites is 1. The highest BCUT2D eigenvalue weighted by molar-refractivity contribution is 5.77. The van der Waals surface area contributed by atoms with E-state index in [1.54, 1.807) is 6.07 Å². The average molecular weight is 421 g/mol. The van der Waals surface area contributed by atoms with Gasteiger partial charge in [-0.05, 0) is 30.3 Å². The van der Waals surface area contributed by atoms with Gasteiger partial charge >= 0.3 is 0 Å². The number of hydrogen-bond acceptors (Lipinski definition) is 5. The molecule has 1 aromatic heterocycles. The zero-order chi connectivity index (χ0) is 21.2. The molecule has 0 spiro atoms. The van der Waals surface area contributed by atoms with Crippen LogP contribution in [0.25, 0.3) is 10.9 Å². The summed E-state index contributed by atoms with van der Waals surface area (Å²) in [5.41, 5.74) is 1.79. The fraction of sp³-hybridized carbons (Fsp3) is 0.348. The average Bonchev–Trinajstić information content (AvgIpc) is 3.27. The van der Waals surface area contributed by atoms with Crippen LogP contribution in [0.5, 0.6) is 11.5 Å². The summed E-state index contributed by atoms with van der Waals surface area (Å²) in [6.07, 6.45) is 1.84. The Hall–Kier alpha value is -3.39. The van der Waals surface area contributed by atoms with Gasteiger partial charge in [0.1, 0.15) is 6.54 Å². The molecule has 3 aromatic rings. The van der Waals surface area contributed by atoms with Crippen molar-refractivity contribution in [1.29, 1.82) is 0 Å². The Balaban J connectivity index is 1.14. The summed E-state index contributed by atoms with van der Waals surface area (Å²) in [6.45, 7) is 4.78. The first-order chi connectivity index (χ1) is 15.2. The summed E-state index contributed by atoms with van der Waals surface area (Å²) in [5.74, 6) is 1.70. The largest absolute Gasteiger partial charge is 0.454 e. The van der Waals surface area contributed by atoms with Crippen LogP contribution in [0.15, 0.2) is 53.6 Å². The Labute approximate surface area is 179 Å². The van der Waals surface area contributed by atoms with Gasteiger partial charge in [-0.25, -0.2) is 4.98 Å². The lowest BCUT2D eigenvalue weighted by Gasteiger charge is -2.32. The summed E-state index contributed by atoms with van der Waals surface area (Å²) in [5, 5.41) is 0.582. The highest BCUT2D eigenvalue weighted by Gasteiger charge is 2.24. The fourth-order valence-electron chi connectivity index (χ4n) is 4.23. The van der Waals surface area contributed by atoms with Crippen molar-refractivity contribution in [2.45, 2.75) is 19.5 Å². The lowest BCUT2D eigenvalue weighted by atomic mass is 10.1. The Morgan fingerprint density at radius 1 is 1.06 bits per heavy atom. The minimum absolute atomic E-state index is 0.0854. The van der Waals surface area contributed by atoms with Crippen molar-refractivity contribution in [2.24, 2.45) is 0 Å². The van der Waals surface area contributed by atoms with E-state index in [1.165, 1.54) is 21.4 Å². The molecule has 8 nitrogen and oxygen atoms in total. The number of carbonyl (C=O) groups excluding carboxylic acids is 1. The monoisotopic (exact) mass is 421 g/mol. The van der Waals surface area contributed by atoms with E-state index < -0.39 is 0 Å². The number of hydrogen-bond donors (Lipinski definition) is 1. The molecule has 2 aliphatic rings. The molecule has 2 aliphatic heterocycles. The third-order valence-corrected chi connectivity index (χ3v) is 6.01. The molecule has 3 heterocycles. The Bertz CT molecular complexity index is 1170. The summed E-state index contributed by atoms with van der Waals surface area (Å²) in [6, 6.07) is 13.3. The number of amides is 1.